The minimum absolute atomic E-state index is 0.0807. The summed E-state index contributed by atoms with van der Waals surface area (Å²) in [5, 5.41) is 0. The topological polar surface area (TPSA) is 80.3 Å². The molecule has 0 amide bonds. The molecule has 7 heteroatoms. The van der Waals surface area contributed by atoms with Crippen molar-refractivity contribution in [2.75, 3.05) is 52.9 Å². The van der Waals surface area contributed by atoms with Crippen LogP contribution in [0.2, 0.25) is 0 Å². The van der Waals surface area contributed by atoms with Crippen LogP contribution in [0.4, 0.5) is 4.79 Å². The van der Waals surface area contributed by atoms with Crippen molar-refractivity contribution < 1.29 is 33.3 Å². The van der Waals surface area contributed by atoms with Gasteiger partial charge in [0.15, 0.2) is 0 Å². The van der Waals surface area contributed by atoms with Gasteiger partial charge < -0.3 is 23.7 Å². The van der Waals surface area contributed by atoms with Gasteiger partial charge in [-0.25, -0.2) is 4.79 Å². The van der Waals surface area contributed by atoms with E-state index in [4.69, 9.17) is 23.7 Å². The minimum Gasteiger partial charge on any atom is -0.434 e. The summed E-state index contributed by atoms with van der Waals surface area (Å²) >= 11 is 0. The number of hydrogen-bond donors (Lipinski definition) is 0. The van der Waals surface area contributed by atoms with Crippen LogP contribution >= 0.6 is 0 Å². The lowest BCUT2D eigenvalue weighted by Crippen LogP contribution is -2.20. The van der Waals surface area contributed by atoms with Crippen molar-refractivity contribution in [2.45, 2.75) is 34.1 Å². The van der Waals surface area contributed by atoms with Crippen LogP contribution in [0, 0.1) is 5.41 Å². The maximum atomic E-state index is 11.2. The van der Waals surface area contributed by atoms with Crippen molar-refractivity contribution in [3.63, 3.8) is 0 Å². The Labute approximate surface area is 138 Å². The first-order valence-corrected chi connectivity index (χ1v) is 7.83. The molecule has 0 aromatic heterocycles. The molecule has 0 saturated carbocycles. The van der Waals surface area contributed by atoms with Crippen molar-refractivity contribution in [1.29, 1.82) is 0 Å². The highest BCUT2D eigenvalue weighted by Crippen LogP contribution is 2.13. The Kier molecular flexibility index (Phi) is 12.6. The number of carbonyl (C=O) groups is 2. The molecule has 0 aromatic carbocycles. The monoisotopic (exact) mass is 334 g/mol. The predicted molar refractivity (Wildman–Crippen MR) is 84.5 cm³/mol. The van der Waals surface area contributed by atoms with Gasteiger partial charge in [0.25, 0.3) is 0 Å². The number of carbonyl (C=O) groups excluding carboxylic acids is 2. The first kappa shape index (κ1) is 21.8. The van der Waals surface area contributed by atoms with Gasteiger partial charge in [0.2, 0.25) is 0 Å². The normalized spacial score (nSPS) is 11.3. The van der Waals surface area contributed by atoms with Crippen LogP contribution in [-0.4, -0.2) is 64.8 Å². The molecule has 0 heterocycles. The van der Waals surface area contributed by atoms with Crippen LogP contribution in [-0.2, 0) is 28.5 Å². The molecule has 0 spiro atoms. The molecule has 136 valence electrons. The Hall–Kier alpha value is -1.18. The van der Waals surface area contributed by atoms with E-state index in [1.807, 2.05) is 20.8 Å². The molecule has 0 N–H and O–H groups in total. The lowest BCUT2D eigenvalue weighted by Gasteiger charge is -2.17. The molecule has 0 fully saturated rings. The molecule has 0 rings (SSSR count). The molecule has 0 aromatic rings. The summed E-state index contributed by atoms with van der Waals surface area (Å²) < 4.78 is 25.5. The van der Waals surface area contributed by atoms with Crippen molar-refractivity contribution in [3.8, 4) is 0 Å². The molecule has 0 aliphatic heterocycles. The highest BCUT2D eigenvalue weighted by molar-refractivity contribution is 5.75. The number of rotatable bonds is 13. The first-order valence-electron chi connectivity index (χ1n) is 7.83. The maximum Gasteiger partial charge on any atom is 0.508 e. The van der Waals surface area contributed by atoms with Gasteiger partial charge in [-0.05, 0) is 12.3 Å². The summed E-state index contributed by atoms with van der Waals surface area (Å²) in [6.07, 6.45) is -0.246. The summed E-state index contributed by atoms with van der Waals surface area (Å²) in [5.41, 5.74) is -0.0807. The Balaban J connectivity index is 3.21. The average molecular weight is 334 g/mol. The number of hydrogen-bond acceptors (Lipinski definition) is 7. The van der Waals surface area contributed by atoms with Crippen molar-refractivity contribution in [3.05, 3.63) is 0 Å². The quantitative estimate of drug-likeness (QED) is 0.377. The van der Waals surface area contributed by atoms with E-state index in [1.165, 1.54) is 6.92 Å². The van der Waals surface area contributed by atoms with Crippen LogP contribution in [0.1, 0.15) is 34.1 Å². The third-order valence-electron chi connectivity index (χ3n) is 2.41. The zero-order valence-corrected chi connectivity index (χ0v) is 14.7. The van der Waals surface area contributed by atoms with Gasteiger partial charge in [0.05, 0.1) is 46.2 Å². The molecule has 0 unspecified atom stereocenters. The van der Waals surface area contributed by atoms with Gasteiger partial charge in [-0.15, -0.1) is 0 Å². The van der Waals surface area contributed by atoms with Crippen LogP contribution in [0.25, 0.3) is 0 Å². The molecule has 0 atom stereocenters. The largest absolute Gasteiger partial charge is 0.508 e. The molecule has 0 radical (unpaired) electrons. The zero-order valence-electron chi connectivity index (χ0n) is 14.7. The second kappa shape index (κ2) is 13.3. The standard InChI is InChI=1S/C16H30O7/c1-14(17)5-6-19-7-8-20-9-10-21-11-12-22-15(18)23-13-16(2,3)4/h5-13H2,1-4H3. The summed E-state index contributed by atoms with van der Waals surface area (Å²) in [7, 11) is 0. The van der Waals surface area contributed by atoms with E-state index < -0.39 is 6.16 Å². The van der Waals surface area contributed by atoms with Gasteiger partial charge in [-0.1, -0.05) is 20.8 Å². The fraction of sp³-hybridized carbons (Fsp3) is 0.875. The van der Waals surface area contributed by atoms with Gasteiger partial charge in [-0.3, -0.25) is 4.79 Å². The average Bonchev–Trinajstić information content (AvgIpc) is 2.45. The molecule has 23 heavy (non-hydrogen) atoms. The Bertz CT molecular complexity index is 323. The maximum absolute atomic E-state index is 11.2. The summed E-state index contributed by atoms with van der Waals surface area (Å²) in [4.78, 5) is 21.9. The number of Topliss-reactive ketones (excluding diaryl/α,β-unsaturated/α-hetero) is 1. The lowest BCUT2D eigenvalue weighted by molar-refractivity contribution is -0.118. The highest BCUT2D eigenvalue weighted by Gasteiger charge is 2.14. The molecule has 0 aliphatic rings. The molecular weight excluding hydrogens is 304 g/mol. The fourth-order valence-electron chi connectivity index (χ4n) is 1.26. The van der Waals surface area contributed by atoms with E-state index in [1.54, 1.807) is 0 Å². The third-order valence-corrected chi connectivity index (χ3v) is 2.41. The molecule has 0 bridgehead atoms. The van der Waals surface area contributed by atoms with Gasteiger partial charge >= 0.3 is 6.16 Å². The van der Waals surface area contributed by atoms with E-state index in [-0.39, 0.29) is 17.8 Å². The lowest BCUT2D eigenvalue weighted by atomic mass is 9.99. The molecule has 0 saturated heterocycles. The second-order valence-corrected chi connectivity index (χ2v) is 6.24. The molecule has 7 nitrogen and oxygen atoms in total. The van der Waals surface area contributed by atoms with Crippen molar-refractivity contribution >= 4 is 11.9 Å². The van der Waals surface area contributed by atoms with Crippen LogP contribution < -0.4 is 0 Å². The van der Waals surface area contributed by atoms with E-state index in [0.717, 1.165) is 0 Å². The predicted octanol–water partition coefficient (Wildman–Crippen LogP) is 2.21. The van der Waals surface area contributed by atoms with Crippen molar-refractivity contribution in [2.24, 2.45) is 5.41 Å². The molecular formula is C16H30O7. The zero-order chi connectivity index (χ0) is 17.6. The first-order chi connectivity index (χ1) is 10.8. The van der Waals surface area contributed by atoms with Crippen LogP contribution in [0.3, 0.4) is 0 Å². The third kappa shape index (κ3) is 18.8. The van der Waals surface area contributed by atoms with Gasteiger partial charge in [-0.2, -0.15) is 0 Å². The number of ether oxygens (including phenoxy) is 5. The van der Waals surface area contributed by atoms with E-state index in [2.05, 4.69) is 0 Å². The Morgan fingerprint density at radius 3 is 1.70 bits per heavy atom. The fourth-order valence-corrected chi connectivity index (χ4v) is 1.26. The second-order valence-electron chi connectivity index (χ2n) is 6.24. The summed E-state index contributed by atoms with van der Waals surface area (Å²) in [6.45, 7) is 10.4. The SMILES string of the molecule is CC(=O)CCOCCOCCOCCOC(=O)OCC(C)(C)C. The Morgan fingerprint density at radius 2 is 1.22 bits per heavy atom. The smallest absolute Gasteiger partial charge is 0.434 e. The van der Waals surface area contributed by atoms with E-state index >= 15 is 0 Å². The Morgan fingerprint density at radius 1 is 0.739 bits per heavy atom. The summed E-state index contributed by atoms with van der Waals surface area (Å²) in [6, 6.07) is 0. The molecule has 0 aliphatic carbocycles. The van der Waals surface area contributed by atoms with Crippen molar-refractivity contribution in [1.82, 2.24) is 0 Å². The van der Waals surface area contributed by atoms with Crippen LogP contribution in [0.5, 0.6) is 0 Å². The highest BCUT2D eigenvalue weighted by atomic mass is 16.7. The number of ketones is 1. The summed E-state index contributed by atoms with van der Waals surface area (Å²) in [5.74, 6) is 0.115. The van der Waals surface area contributed by atoms with Gasteiger partial charge in [0.1, 0.15) is 12.4 Å². The van der Waals surface area contributed by atoms with E-state index in [9.17, 15) is 9.59 Å². The van der Waals surface area contributed by atoms with Crippen LogP contribution in [0.15, 0.2) is 0 Å². The van der Waals surface area contributed by atoms with E-state index in [0.29, 0.717) is 52.7 Å². The van der Waals surface area contributed by atoms with Gasteiger partial charge in [0, 0.05) is 6.42 Å². The minimum atomic E-state index is -0.678.